The largest absolute Gasteiger partial charge is 0.470 e. The van der Waals surface area contributed by atoms with Gasteiger partial charge in [-0.25, -0.2) is 13.8 Å². The zero-order valence-corrected chi connectivity index (χ0v) is 23.5. The number of benzene rings is 1. The molecule has 7 nitrogen and oxygen atoms in total. The topological polar surface area (TPSA) is 76.3 Å². The van der Waals surface area contributed by atoms with Gasteiger partial charge in [-0.2, -0.15) is 0 Å². The van der Waals surface area contributed by atoms with Gasteiger partial charge in [0, 0.05) is 29.0 Å². The van der Waals surface area contributed by atoms with Gasteiger partial charge >= 0.3 is 0 Å². The van der Waals surface area contributed by atoms with Gasteiger partial charge in [0.2, 0.25) is 5.88 Å². The lowest BCUT2D eigenvalue weighted by Gasteiger charge is -2.33. The minimum Gasteiger partial charge on any atom is -0.470 e. The summed E-state index contributed by atoms with van der Waals surface area (Å²) in [7, 11) is 0. The number of fused-ring (bicyclic) bond motifs is 1. The molecule has 0 radical (unpaired) electrons. The van der Waals surface area contributed by atoms with Crippen molar-refractivity contribution in [2.75, 3.05) is 17.9 Å². The molecule has 1 atom stereocenters. The number of alkyl halides is 2. The molecule has 0 saturated heterocycles. The van der Waals surface area contributed by atoms with Crippen LogP contribution in [0.3, 0.4) is 0 Å². The van der Waals surface area contributed by atoms with E-state index >= 15 is 0 Å². The summed E-state index contributed by atoms with van der Waals surface area (Å²) in [6.45, 7) is 15.4. The molecule has 10 heteroatoms. The summed E-state index contributed by atoms with van der Waals surface area (Å²) in [6, 6.07) is 6.55. The molecule has 0 spiro atoms. The number of ether oxygens (including phenoxy) is 1. The average Bonchev–Trinajstić information content (AvgIpc) is 3.27. The van der Waals surface area contributed by atoms with Gasteiger partial charge in [-0.05, 0) is 55.5 Å². The standard InChI is InChI=1S/C25H31F2N5O2S.C2H6/c1-15-23(25(3,4)5)34-30-24(15)31-35-19-7-6-17-8-9-32(13-18(17)10-19)16(2)20-11-29-22(12-28-20)33-14-21(26)27;1-2/h6-7,10-12,16,21H,8-9,13-14H2,1-5H3,(H,30,31);1-2H3. The molecule has 0 aliphatic carbocycles. The fraction of sp³-hybridized carbons (Fsp3) is 0.519. The molecule has 1 unspecified atom stereocenters. The van der Waals surface area contributed by atoms with Gasteiger partial charge in [-0.15, -0.1) is 0 Å². The van der Waals surface area contributed by atoms with E-state index in [2.05, 4.69) is 70.6 Å². The van der Waals surface area contributed by atoms with Crippen molar-refractivity contribution < 1.29 is 18.0 Å². The summed E-state index contributed by atoms with van der Waals surface area (Å²) in [5.74, 6) is 1.73. The predicted molar refractivity (Wildman–Crippen MR) is 143 cm³/mol. The molecule has 3 aromatic rings. The number of nitrogens with zero attached hydrogens (tertiary/aromatic N) is 4. The third-order valence-corrected chi connectivity index (χ3v) is 6.86. The van der Waals surface area contributed by atoms with Crippen LogP contribution in [-0.2, 0) is 18.4 Å². The first-order valence-corrected chi connectivity index (χ1v) is 13.4. The van der Waals surface area contributed by atoms with Crippen LogP contribution in [0.2, 0.25) is 0 Å². The van der Waals surface area contributed by atoms with E-state index in [1.165, 1.54) is 29.3 Å². The predicted octanol–water partition coefficient (Wildman–Crippen LogP) is 6.98. The molecule has 0 fully saturated rings. The van der Waals surface area contributed by atoms with Crippen LogP contribution in [0.4, 0.5) is 14.6 Å². The van der Waals surface area contributed by atoms with Crippen molar-refractivity contribution in [3.8, 4) is 5.88 Å². The average molecular weight is 534 g/mol. The zero-order chi connectivity index (χ0) is 27.2. The zero-order valence-electron chi connectivity index (χ0n) is 22.6. The van der Waals surface area contributed by atoms with Crippen molar-refractivity contribution in [1.82, 2.24) is 20.0 Å². The van der Waals surface area contributed by atoms with Crippen LogP contribution in [0, 0.1) is 6.92 Å². The summed E-state index contributed by atoms with van der Waals surface area (Å²) in [6.07, 6.45) is 1.41. The number of aromatic nitrogens is 3. The number of hydrogen-bond donors (Lipinski definition) is 1. The molecule has 3 heterocycles. The lowest BCUT2D eigenvalue weighted by molar-refractivity contribution is 0.0792. The lowest BCUT2D eigenvalue weighted by Crippen LogP contribution is -2.33. The Hall–Kier alpha value is -2.72. The van der Waals surface area contributed by atoms with Crippen LogP contribution in [0.1, 0.15) is 75.7 Å². The Bertz CT molecular complexity index is 1150. The Morgan fingerprint density at radius 3 is 2.54 bits per heavy atom. The second kappa shape index (κ2) is 12.7. The number of nitrogens with one attached hydrogen (secondary N) is 1. The highest BCUT2D eigenvalue weighted by Crippen LogP contribution is 2.33. The van der Waals surface area contributed by atoms with E-state index in [9.17, 15) is 8.78 Å². The number of halogens is 2. The van der Waals surface area contributed by atoms with Crippen LogP contribution < -0.4 is 9.46 Å². The Kier molecular flexibility index (Phi) is 9.89. The van der Waals surface area contributed by atoms with Crippen LogP contribution >= 0.6 is 11.9 Å². The molecular weight excluding hydrogens is 496 g/mol. The molecule has 4 rings (SSSR count). The van der Waals surface area contributed by atoms with Crippen molar-refractivity contribution in [1.29, 1.82) is 0 Å². The van der Waals surface area contributed by atoms with Crippen molar-refractivity contribution in [2.45, 2.75) is 84.2 Å². The maximum atomic E-state index is 12.3. The van der Waals surface area contributed by atoms with E-state index in [1.807, 2.05) is 20.8 Å². The molecular formula is C27H37F2N5O2S. The Labute approximate surface area is 222 Å². The van der Waals surface area contributed by atoms with Crippen LogP contribution in [0.15, 0.2) is 40.0 Å². The molecule has 0 amide bonds. The molecule has 0 bridgehead atoms. The quantitative estimate of drug-likeness (QED) is 0.311. The van der Waals surface area contributed by atoms with Crippen molar-refractivity contribution in [3.05, 3.63) is 58.7 Å². The first kappa shape index (κ1) is 28.8. The van der Waals surface area contributed by atoms with E-state index < -0.39 is 13.0 Å². The lowest BCUT2D eigenvalue weighted by atomic mass is 9.91. The summed E-state index contributed by atoms with van der Waals surface area (Å²) in [4.78, 5) is 12.0. The first-order valence-electron chi connectivity index (χ1n) is 12.6. The van der Waals surface area contributed by atoms with Crippen LogP contribution in [0.25, 0.3) is 0 Å². The van der Waals surface area contributed by atoms with Gasteiger partial charge in [0.25, 0.3) is 6.43 Å². The normalized spacial score (nSPS) is 14.5. The molecule has 0 saturated carbocycles. The minimum absolute atomic E-state index is 0.0304. The number of hydrogen-bond acceptors (Lipinski definition) is 8. The summed E-state index contributed by atoms with van der Waals surface area (Å²) < 4.78 is 38.5. The molecule has 202 valence electrons. The summed E-state index contributed by atoms with van der Waals surface area (Å²) in [5, 5.41) is 4.21. The van der Waals surface area contributed by atoms with Gasteiger partial charge in [-0.3, -0.25) is 9.88 Å². The highest BCUT2D eigenvalue weighted by atomic mass is 32.2. The van der Waals surface area contributed by atoms with E-state index in [0.717, 1.165) is 47.2 Å². The van der Waals surface area contributed by atoms with Gasteiger partial charge in [-0.1, -0.05) is 45.8 Å². The van der Waals surface area contributed by atoms with E-state index in [-0.39, 0.29) is 17.3 Å². The number of rotatable bonds is 8. The van der Waals surface area contributed by atoms with Crippen LogP contribution in [-0.4, -0.2) is 39.6 Å². The monoisotopic (exact) mass is 533 g/mol. The van der Waals surface area contributed by atoms with Gasteiger partial charge in [0.15, 0.2) is 12.4 Å². The molecule has 1 aliphatic rings. The van der Waals surface area contributed by atoms with Gasteiger partial charge in [0.1, 0.15) is 5.76 Å². The smallest absolute Gasteiger partial charge is 0.272 e. The van der Waals surface area contributed by atoms with Crippen molar-refractivity contribution >= 4 is 17.8 Å². The first-order chi connectivity index (χ1) is 17.6. The molecule has 2 aromatic heterocycles. The molecule has 1 N–H and O–H groups in total. The maximum absolute atomic E-state index is 12.3. The second-order valence-electron chi connectivity index (χ2n) is 9.75. The highest BCUT2D eigenvalue weighted by molar-refractivity contribution is 8.00. The van der Waals surface area contributed by atoms with Crippen molar-refractivity contribution in [2.24, 2.45) is 0 Å². The summed E-state index contributed by atoms with van der Waals surface area (Å²) >= 11 is 1.52. The summed E-state index contributed by atoms with van der Waals surface area (Å²) in [5.41, 5.74) is 4.31. The Morgan fingerprint density at radius 1 is 1.16 bits per heavy atom. The van der Waals surface area contributed by atoms with E-state index in [4.69, 9.17) is 9.26 Å². The Morgan fingerprint density at radius 2 is 1.92 bits per heavy atom. The fourth-order valence-corrected chi connectivity index (χ4v) is 4.88. The highest BCUT2D eigenvalue weighted by Gasteiger charge is 2.25. The fourth-order valence-electron chi connectivity index (χ4n) is 4.14. The van der Waals surface area contributed by atoms with E-state index in [1.54, 1.807) is 6.20 Å². The van der Waals surface area contributed by atoms with Gasteiger partial charge in [0.05, 0.1) is 24.1 Å². The SMILES string of the molecule is CC.Cc1c(NSc2ccc3c(c2)CN(C(C)c2cnc(OCC(F)F)cn2)CC3)noc1C(C)(C)C. The van der Waals surface area contributed by atoms with E-state index in [0.29, 0.717) is 0 Å². The maximum Gasteiger partial charge on any atom is 0.272 e. The van der Waals surface area contributed by atoms with Crippen molar-refractivity contribution in [3.63, 3.8) is 0 Å². The molecule has 1 aliphatic heterocycles. The third kappa shape index (κ3) is 7.41. The Balaban J connectivity index is 0.00000186. The molecule has 37 heavy (non-hydrogen) atoms. The number of anilines is 1. The molecule has 1 aromatic carbocycles. The van der Waals surface area contributed by atoms with Gasteiger partial charge < -0.3 is 14.0 Å². The minimum atomic E-state index is -2.54. The third-order valence-electron chi connectivity index (χ3n) is 6.07. The second-order valence-corrected chi connectivity index (χ2v) is 10.6. The van der Waals surface area contributed by atoms with Crippen LogP contribution in [0.5, 0.6) is 5.88 Å².